The standard InChI is InChI=1S/C25H26ClFN6O2S/c1-13-9-10-17(16(27)11-13)31-24-20(23-29-12-14(2)30-23)22(15(3)25(34)33(24)5)35-19-8-6-7-18(21(19)26)32-36-28-4/h6-12,28,31-32H,1-5H3,(H,29,30). The lowest BCUT2D eigenvalue weighted by Crippen LogP contribution is -2.24. The van der Waals surface area contributed by atoms with Gasteiger partial charge in [0.15, 0.2) is 5.75 Å². The largest absolute Gasteiger partial charge is 0.454 e. The number of hydrogen-bond donors (Lipinski definition) is 4. The third kappa shape index (κ3) is 5.06. The average molecular weight is 529 g/mol. The van der Waals surface area contributed by atoms with E-state index in [1.165, 1.54) is 22.8 Å². The van der Waals surface area contributed by atoms with E-state index >= 15 is 0 Å². The smallest absolute Gasteiger partial charge is 0.258 e. The average Bonchev–Trinajstić information content (AvgIpc) is 3.28. The topological polar surface area (TPSA) is 96.0 Å². The summed E-state index contributed by atoms with van der Waals surface area (Å²) >= 11 is 7.88. The molecule has 0 saturated heterocycles. The Morgan fingerprint density at radius 3 is 2.61 bits per heavy atom. The first kappa shape index (κ1) is 25.6. The van der Waals surface area contributed by atoms with Crippen LogP contribution < -0.4 is 25.1 Å². The normalized spacial score (nSPS) is 11.0. The maximum Gasteiger partial charge on any atom is 0.258 e. The Hall–Kier alpha value is -3.47. The Balaban J connectivity index is 1.93. The molecule has 4 aromatic rings. The highest BCUT2D eigenvalue weighted by Gasteiger charge is 2.25. The lowest BCUT2D eigenvalue weighted by Gasteiger charge is -2.21. The molecule has 0 radical (unpaired) electrons. The number of pyridine rings is 1. The van der Waals surface area contributed by atoms with Crippen molar-refractivity contribution in [3.63, 3.8) is 0 Å². The number of benzene rings is 2. The van der Waals surface area contributed by atoms with Crippen molar-refractivity contribution in [2.24, 2.45) is 7.05 Å². The van der Waals surface area contributed by atoms with Crippen LogP contribution in [0, 0.1) is 26.6 Å². The quantitative estimate of drug-likeness (QED) is 0.201. The molecule has 0 aliphatic rings. The molecule has 0 atom stereocenters. The first-order valence-corrected chi connectivity index (χ1v) is 12.2. The fourth-order valence-corrected chi connectivity index (χ4v) is 4.33. The number of imidazole rings is 1. The molecular formula is C25H26ClFN6O2S. The Labute approximate surface area is 217 Å². The van der Waals surface area contributed by atoms with E-state index < -0.39 is 5.82 Å². The van der Waals surface area contributed by atoms with E-state index in [1.54, 1.807) is 64.5 Å². The van der Waals surface area contributed by atoms with Crippen molar-refractivity contribution < 1.29 is 9.13 Å². The van der Waals surface area contributed by atoms with Crippen LogP contribution in [0.25, 0.3) is 11.4 Å². The molecule has 0 aliphatic heterocycles. The first-order valence-electron chi connectivity index (χ1n) is 11.0. The minimum absolute atomic E-state index is 0.211. The van der Waals surface area contributed by atoms with Gasteiger partial charge >= 0.3 is 0 Å². The van der Waals surface area contributed by atoms with Gasteiger partial charge in [-0.15, -0.1) is 0 Å². The number of ether oxygens (including phenoxy) is 1. The van der Waals surface area contributed by atoms with E-state index in [0.29, 0.717) is 39.2 Å². The molecule has 0 bridgehead atoms. The number of aromatic nitrogens is 3. The minimum atomic E-state index is -0.448. The summed E-state index contributed by atoms with van der Waals surface area (Å²) in [5.41, 5.74) is 2.92. The molecule has 4 rings (SSSR count). The summed E-state index contributed by atoms with van der Waals surface area (Å²) in [5.74, 6) is 0.909. The summed E-state index contributed by atoms with van der Waals surface area (Å²) in [6.07, 6.45) is 1.67. The van der Waals surface area contributed by atoms with E-state index in [-0.39, 0.29) is 17.0 Å². The molecular weight excluding hydrogens is 503 g/mol. The summed E-state index contributed by atoms with van der Waals surface area (Å²) in [7, 11) is 3.39. The van der Waals surface area contributed by atoms with Crippen LogP contribution in [0.3, 0.4) is 0 Å². The Morgan fingerprint density at radius 1 is 1.17 bits per heavy atom. The molecule has 0 saturated carbocycles. The SMILES string of the molecule is CNSNc1cccc(Oc2c(-c3ncc(C)[nH]3)c(Nc3ccc(C)cc3F)n(C)c(=O)c2C)c1Cl. The van der Waals surface area contributed by atoms with E-state index in [0.717, 1.165) is 11.3 Å². The number of nitrogens with zero attached hydrogens (tertiary/aromatic N) is 2. The maximum atomic E-state index is 14.8. The molecule has 11 heteroatoms. The molecule has 8 nitrogen and oxygen atoms in total. The Kier molecular flexibility index (Phi) is 7.58. The number of anilines is 3. The van der Waals surface area contributed by atoms with Gasteiger partial charge in [0.25, 0.3) is 5.56 Å². The zero-order valence-electron chi connectivity index (χ0n) is 20.4. The van der Waals surface area contributed by atoms with Gasteiger partial charge in [-0.3, -0.25) is 9.36 Å². The van der Waals surface area contributed by atoms with Crippen LogP contribution >= 0.6 is 23.7 Å². The van der Waals surface area contributed by atoms with Crippen LogP contribution in [-0.2, 0) is 7.05 Å². The summed E-state index contributed by atoms with van der Waals surface area (Å²) in [4.78, 5) is 21.0. The molecule has 2 heterocycles. The van der Waals surface area contributed by atoms with Crippen molar-refractivity contribution in [2.75, 3.05) is 17.1 Å². The highest BCUT2D eigenvalue weighted by atomic mass is 35.5. The number of H-pyrrole nitrogens is 1. The van der Waals surface area contributed by atoms with E-state index in [9.17, 15) is 9.18 Å². The van der Waals surface area contributed by atoms with Crippen molar-refractivity contribution in [3.05, 3.63) is 80.6 Å². The van der Waals surface area contributed by atoms with Gasteiger partial charge in [-0.05, 0) is 57.6 Å². The van der Waals surface area contributed by atoms with Crippen LogP contribution in [0.15, 0.2) is 47.4 Å². The number of rotatable bonds is 8. The van der Waals surface area contributed by atoms with Crippen LogP contribution in [0.4, 0.5) is 21.6 Å². The zero-order valence-corrected chi connectivity index (χ0v) is 22.0. The van der Waals surface area contributed by atoms with E-state index in [4.69, 9.17) is 16.3 Å². The first-order chi connectivity index (χ1) is 17.2. The van der Waals surface area contributed by atoms with Crippen LogP contribution in [-0.4, -0.2) is 21.6 Å². The Bertz CT molecular complexity index is 1490. The third-order valence-corrected chi connectivity index (χ3v) is 6.44. The van der Waals surface area contributed by atoms with Crippen molar-refractivity contribution in [1.82, 2.24) is 19.3 Å². The van der Waals surface area contributed by atoms with E-state index in [1.807, 2.05) is 6.92 Å². The van der Waals surface area contributed by atoms with E-state index in [2.05, 4.69) is 24.7 Å². The number of aromatic amines is 1. The van der Waals surface area contributed by atoms with Gasteiger partial charge < -0.3 is 19.8 Å². The second-order valence-electron chi connectivity index (χ2n) is 8.19. The van der Waals surface area contributed by atoms with Crippen LogP contribution in [0.5, 0.6) is 11.5 Å². The molecule has 0 amide bonds. The third-order valence-electron chi connectivity index (χ3n) is 5.52. The van der Waals surface area contributed by atoms with Gasteiger partial charge in [0.05, 0.1) is 16.9 Å². The molecule has 0 unspecified atom stereocenters. The van der Waals surface area contributed by atoms with Gasteiger partial charge in [-0.2, -0.15) is 0 Å². The van der Waals surface area contributed by atoms with Gasteiger partial charge in [-0.1, -0.05) is 23.7 Å². The minimum Gasteiger partial charge on any atom is -0.454 e. The molecule has 0 fully saturated rings. The van der Waals surface area contributed by atoms with Gasteiger partial charge in [0, 0.05) is 31.1 Å². The lowest BCUT2D eigenvalue weighted by atomic mass is 10.1. The monoisotopic (exact) mass is 528 g/mol. The molecule has 188 valence electrons. The molecule has 0 aliphatic carbocycles. The fraction of sp³-hybridized carbons (Fsp3) is 0.200. The summed E-state index contributed by atoms with van der Waals surface area (Å²) < 4.78 is 28.5. The highest BCUT2D eigenvalue weighted by Crippen LogP contribution is 2.43. The number of aryl methyl sites for hydroxylation is 2. The molecule has 36 heavy (non-hydrogen) atoms. The van der Waals surface area contributed by atoms with Crippen molar-refractivity contribution in [1.29, 1.82) is 0 Å². The molecule has 2 aromatic heterocycles. The fourth-order valence-electron chi connectivity index (χ4n) is 3.68. The Morgan fingerprint density at radius 2 is 1.94 bits per heavy atom. The van der Waals surface area contributed by atoms with Crippen molar-refractivity contribution >= 4 is 40.9 Å². The molecule has 4 N–H and O–H groups in total. The predicted molar refractivity (Wildman–Crippen MR) is 145 cm³/mol. The lowest BCUT2D eigenvalue weighted by molar-refractivity contribution is 0.478. The zero-order chi connectivity index (χ0) is 26.0. The summed E-state index contributed by atoms with van der Waals surface area (Å²) in [5, 5.41) is 3.42. The van der Waals surface area contributed by atoms with Crippen LogP contribution in [0.1, 0.15) is 16.8 Å². The second-order valence-corrected chi connectivity index (χ2v) is 9.39. The van der Waals surface area contributed by atoms with Gasteiger partial charge in [0.2, 0.25) is 0 Å². The van der Waals surface area contributed by atoms with Crippen LogP contribution in [0.2, 0.25) is 5.02 Å². The predicted octanol–water partition coefficient (Wildman–Crippen LogP) is 6.22. The number of halogens is 2. The molecule has 2 aromatic carbocycles. The maximum absolute atomic E-state index is 14.8. The second kappa shape index (κ2) is 10.7. The van der Waals surface area contributed by atoms with Gasteiger partial charge in [-0.25, -0.2) is 14.1 Å². The number of nitrogens with one attached hydrogen (secondary N) is 4. The van der Waals surface area contributed by atoms with Crippen molar-refractivity contribution in [2.45, 2.75) is 20.8 Å². The molecule has 0 spiro atoms. The number of hydrogen-bond acceptors (Lipinski definition) is 7. The summed E-state index contributed by atoms with van der Waals surface area (Å²) in [6.45, 7) is 5.34. The highest BCUT2D eigenvalue weighted by molar-refractivity contribution is 7.98. The van der Waals surface area contributed by atoms with Crippen molar-refractivity contribution in [3.8, 4) is 22.9 Å². The van der Waals surface area contributed by atoms with Gasteiger partial charge in [0.1, 0.15) is 33.8 Å². The summed E-state index contributed by atoms with van der Waals surface area (Å²) in [6, 6.07) is 10.1.